The number of carbonyl (C=O) groups excluding carboxylic acids is 1. The molecule has 3 atom stereocenters. The maximum Gasteiger partial charge on any atom is 0.319 e. The van der Waals surface area contributed by atoms with Crippen LogP contribution in [0.1, 0.15) is 45.2 Å². The van der Waals surface area contributed by atoms with Crippen LogP contribution in [0.2, 0.25) is 0 Å². The second-order valence-electron chi connectivity index (χ2n) is 6.11. The summed E-state index contributed by atoms with van der Waals surface area (Å²) >= 11 is 0. The fourth-order valence-electron chi connectivity index (χ4n) is 2.45. The molecule has 0 bridgehead atoms. The molecule has 4 nitrogen and oxygen atoms in total. The van der Waals surface area contributed by atoms with E-state index in [0.717, 1.165) is 31.1 Å². The van der Waals surface area contributed by atoms with Gasteiger partial charge in [0.2, 0.25) is 0 Å². The van der Waals surface area contributed by atoms with Crippen molar-refractivity contribution in [2.75, 3.05) is 18.4 Å². The van der Waals surface area contributed by atoms with Gasteiger partial charge in [-0.3, -0.25) is 0 Å². The van der Waals surface area contributed by atoms with Gasteiger partial charge >= 0.3 is 6.03 Å². The molecule has 0 aliphatic heterocycles. The smallest absolute Gasteiger partial charge is 0.319 e. The quantitative estimate of drug-likeness (QED) is 0.719. The van der Waals surface area contributed by atoms with Crippen LogP contribution in [0.5, 0.6) is 0 Å². The monoisotopic (exact) mass is 289 g/mol. The van der Waals surface area contributed by atoms with E-state index in [1.54, 1.807) is 0 Å². The Kier molecular flexibility index (Phi) is 5.62. The summed E-state index contributed by atoms with van der Waals surface area (Å²) in [6.45, 7) is 8.30. The van der Waals surface area contributed by atoms with Gasteiger partial charge in [0.1, 0.15) is 0 Å². The van der Waals surface area contributed by atoms with Crippen molar-refractivity contribution < 1.29 is 4.79 Å². The van der Waals surface area contributed by atoms with Gasteiger partial charge in [-0.25, -0.2) is 4.79 Å². The number of nitrogens with one attached hydrogen (secondary N) is 3. The van der Waals surface area contributed by atoms with E-state index in [0.29, 0.717) is 12.0 Å². The van der Waals surface area contributed by atoms with Crippen molar-refractivity contribution in [2.24, 2.45) is 11.8 Å². The molecular formula is C17H27N3O. The van der Waals surface area contributed by atoms with Crippen molar-refractivity contribution in [2.45, 2.75) is 39.7 Å². The Morgan fingerprint density at radius 3 is 2.86 bits per heavy atom. The zero-order valence-electron chi connectivity index (χ0n) is 13.3. The third kappa shape index (κ3) is 5.05. The fraction of sp³-hybridized carbons (Fsp3) is 0.588. The van der Waals surface area contributed by atoms with Crippen molar-refractivity contribution in [3.8, 4) is 0 Å². The van der Waals surface area contributed by atoms with Gasteiger partial charge in [0, 0.05) is 18.3 Å². The van der Waals surface area contributed by atoms with Crippen LogP contribution < -0.4 is 16.0 Å². The molecule has 3 unspecified atom stereocenters. The number of urea groups is 1. The molecular weight excluding hydrogens is 262 g/mol. The first kappa shape index (κ1) is 15.8. The largest absolute Gasteiger partial charge is 0.338 e. The topological polar surface area (TPSA) is 53.2 Å². The van der Waals surface area contributed by atoms with Gasteiger partial charge in [0.25, 0.3) is 0 Å². The number of rotatable bonds is 7. The lowest BCUT2D eigenvalue weighted by molar-refractivity contribution is 0.251. The van der Waals surface area contributed by atoms with Crippen LogP contribution in [0.3, 0.4) is 0 Å². The standard InChI is InChI=1S/C17H27N3O/c1-4-8-18-13(3)14-6-5-7-16(10-14)20-17(21)19-11-15-9-12(15)2/h5-7,10,12-13,15,18H,4,8-9,11H2,1-3H3,(H2,19,20,21). The van der Waals surface area contributed by atoms with Gasteiger partial charge in [-0.15, -0.1) is 0 Å². The van der Waals surface area contributed by atoms with Gasteiger partial charge in [-0.1, -0.05) is 26.0 Å². The average molecular weight is 289 g/mol. The number of amides is 2. The van der Waals surface area contributed by atoms with Crippen LogP contribution in [0, 0.1) is 11.8 Å². The lowest BCUT2D eigenvalue weighted by atomic mass is 10.1. The number of carbonyl (C=O) groups is 1. The number of anilines is 1. The molecule has 0 spiro atoms. The van der Waals surface area contributed by atoms with Crippen LogP contribution in [0.25, 0.3) is 0 Å². The van der Waals surface area contributed by atoms with E-state index in [-0.39, 0.29) is 6.03 Å². The van der Waals surface area contributed by atoms with Gasteiger partial charge < -0.3 is 16.0 Å². The van der Waals surface area contributed by atoms with Crippen molar-refractivity contribution >= 4 is 11.7 Å². The van der Waals surface area contributed by atoms with Gasteiger partial charge in [-0.2, -0.15) is 0 Å². The van der Waals surface area contributed by atoms with E-state index in [2.05, 4.69) is 42.8 Å². The molecule has 0 aromatic heterocycles. The summed E-state index contributed by atoms with van der Waals surface area (Å²) in [4.78, 5) is 11.9. The predicted octanol–water partition coefficient (Wildman–Crippen LogP) is 3.52. The molecule has 4 heteroatoms. The highest BCUT2D eigenvalue weighted by Gasteiger charge is 2.32. The molecule has 1 saturated carbocycles. The Morgan fingerprint density at radius 2 is 2.19 bits per heavy atom. The van der Waals surface area contributed by atoms with Crippen LogP contribution in [0.15, 0.2) is 24.3 Å². The molecule has 0 saturated heterocycles. The molecule has 2 rings (SSSR count). The normalized spacial score (nSPS) is 21.7. The molecule has 0 radical (unpaired) electrons. The predicted molar refractivity (Wildman–Crippen MR) is 87.4 cm³/mol. The Balaban J connectivity index is 1.83. The summed E-state index contributed by atoms with van der Waals surface area (Å²) in [5, 5.41) is 9.31. The zero-order valence-corrected chi connectivity index (χ0v) is 13.3. The summed E-state index contributed by atoms with van der Waals surface area (Å²) < 4.78 is 0. The summed E-state index contributed by atoms with van der Waals surface area (Å²) in [5.41, 5.74) is 2.04. The lowest BCUT2D eigenvalue weighted by Crippen LogP contribution is -2.30. The second kappa shape index (κ2) is 7.46. The highest BCUT2D eigenvalue weighted by atomic mass is 16.2. The van der Waals surface area contributed by atoms with E-state index in [4.69, 9.17) is 0 Å². The average Bonchev–Trinajstić information content (AvgIpc) is 3.18. The molecule has 1 aromatic rings. The van der Waals surface area contributed by atoms with Crippen molar-refractivity contribution in [1.29, 1.82) is 0 Å². The molecule has 1 fully saturated rings. The van der Waals surface area contributed by atoms with Gasteiger partial charge in [0.15, 0.2) is 0 Å². The molecule has 0 heterocycles. The molecule has 2 amide bonds. The first-order chi connectivity index (χ1) is 10.1. The van der Waals surface area contributed by atoms with Crippen molar-refractivity contribution in [3.05, 3.63) is 29.8 Å². The number of hydrogen-bond donors (Lipinski definition) is 3. The molecule has 1 aromatic carbocycles. The molecule has 116 valence electrons. The van der Waals surface area contributed by atoms with Crippen LogP contribution in [0.4, 0.5) is 10.5 Å². The number of hydrogen-bond acceptors (Lipinski definition) is 2. The number of benzene rings is 1. The highest BCUT2D eigenvalue weighted by Crippen LogP contribution is 2.36. The molecule has 1 aliphatic carbocycles. The zero-order chi connectivity index (χ0) is 15.2. The van der Waals surface area contributed by atoms with Crippen LogP contribution in [-0.4, -0.2) is 19.1 Å². The van der Waals surface area contributed by atoms with Crippen LogP contribution >= 0.6 is 0 Å². The first-order valence-corrected chi connectivity index (χ1v) is 7.98. The van der Waals surface area contributed by atoms with Crippen molar-refractivity contribution in [1.82, 2.24) is 10.6 Å². The summed E-state index contributed by atoms with van der Waals surface area (Å²) in [6, 6.07) is 8.21. The lowest BCUT2D eigenvalue weighted by Gasteiger charge is -2.15. The van der Waals surface area contributed by atoms with Gasteiger partial charge in [0.05, 0.1) is 0 Å². The Morgan fingerprint density at radius 1 is 1.43 bits per heavy atom. The van der Waals surface area contributed by atoms with E-state index >= 15 is 0 Å². The minimum atomic E-state index is -0.111. The van der Waals surface area contributed by atoms with E-state index in [1.807, 2.05) is 18.2 Å². The van der Waals surface area contributed by atoms with E-state index in [1.165, 1.54) is 12.0 Å². The summed E-state index contributed by atoms with van der Waals surface area (Å²) in [5.74, 6) is 1.43. The highest BCUT2D eigenvalue weighted by molar-refractivity contribution is 5.89. The third-order valence-electron chi connectivity index (χ3n) is 4.15. The fourth-order valence-corrected chi connectivity index (χ4v) is 2.45. The second-order valence-corrected chi connectivity index (χ2v) is 6.11. The summed E-state index contributed by atoms with van der Waals surface area (Å²) in [7, 11) is 0. The maximum atomic E-state index is 11.9. The molecule has 3 N–H and O–H groups in total. The van der Waals surface area contributed by atoms with Gasteiger partial charge in [-0.05, 0) is 55.8 Å². The maximum absolute atomic E-state index is 11.9. The Labute approximate surface area is 127 Å². The minimum absolute atomic E-state index is 0.111. The van der Waals surface area contributed by atoms with E-state index < -0.39 is 0 Å². The Bertz CT molecular complexity index is 475. The first-order valence-electron chi connectivity index (χ1n) is 7.98. The summed E-state index contributed by atoms with van der Waals surface area (Å²) in [6.07, 6.45) is 2.35. The van der Waals surface area contributed by atoms with Crippen LogP contribution in [-0.2, 0) is 0 Å². The minimum Gasteiger partial charge on any atom is -0.338 e. The third-order valence-corrected chi connectivity index (χ3v) is 4.15. The van der Waals surface area contributed by atoms with E-state index in [9.17, 15) is 4.79 Å². The molecule has 21 heavy (non-hydrogen) atoms. The Hall–Kier alpha value is -1.55. The SMILES string of the molecule is CCCNC(C)c1cccc(NC(=O)NCC2CC2C)c1. The van der Waals surface area contributed by atoms with Crippen molar-refractivity contribution in [3.63, 3.8) is 0 Å². The molecule has 1 aliphatic rings.